The quantitative estimate of drug-likeness (QED) is 0.374. The zero-order valence-corrected chi connectivity index (χ0v) is 8.53. The normalized spacial score (nSPS) is 12.5. The van der Waals surface area contributed by atoms with Crippen molar-refractivity contribution < 1.29 is 19.4 Å². The van der Waals surface area contributed by atoms with Gasteiger partial charge in [-0.2, -0.15) is 0 Å². The van der Waals surface area contributed by atoms with Crippen molar-refractivity contribution in [1.82, 2.24) is 0 Å². The Morgan fingerprint density at radius 3 is 2.82 bits per heavy atom. The Bertz CT molecular complexity index is 547. The number of carboxylic acids is 1. The molecule has 0 amide bonds. The molecular formula is C10H7N3O4. The number of carbonyl (C=O) groups is 1. The van der Waals surface area contributed by atoms with Gasteiger partial charge in [0.2, 0.25) is 6.79 Å². The third kappa shape index (κ3) is 2.30. The zero-order valence-electron chi connectivity index (χ0n) is 8.53. The van der Waals surface area contributed by atoms with Gasteiger partial charge in [0.15, 0.2) is 11.5 Å². The van der Waals surface area contributed by atoms with Crippen LogP contribution in [0, 0.1) is 0 Å². The summed E-state index contributed by atoms with van der Waals surface area (Å²) in [6, 6.07) is 3.06. The fourth-order valence-electron chi connectivity index (χ4n) is 1.38. The molecule has 1 N–H and O–H groups in total. The minimum absolute atomic E-state index is 0.0944. The van der Waals surface area contributed by atoms with Crippen LogP contribution in [0.4, 0.5) is 5.69 Å². The van der Waals surface area contributed by atoms with Crippen molar-refractivity contribution in [2.75, 3.05) is 6.79 Å². The molecule has 1 heterocycles. The van der Waals surface area contributed by atoms with E-state index in [1.54, 1.807) is 6.07 Å². The van der Waals surface area contributed by atoms with E-state index < -0.39 is 5.97 Å². The van der Waals surface area contributed by atoms with Gasteiger partial charge >= 0.3 is 5.97 Å². The first kappa shape index (κ1) is 10.8. The molecular weight excluding hydrogens is 226 g/mol. The number of azide groups is 1. The van der Waals surface area contributed by atoms with Gasteiger partial charge in [0.05, 0.1) is 0 Å². The van der Waals surface area contributed by atoms with E-state index in [4.69, 9.17) is 20.1 Å². The van der Waals surface area contributed by atoms with E-state index in [2.05, 4.69) is 10.0 Å². The maximum Gasteiger partial charge on any atom is 0.328 e. The lowest BCUT2D eigenvalue weighted by Gasteiger charge is -2.02. The maximum absolute atomic E-state index is 10.4. The average Bonchev–Trinajstić information content (AvgIpc) is 2.73. The Kier molecular flexibility index (Phi) is 2.85. The van der Waals surface area contributed by atoms with Crippen molar-refractivity contribution in [1.29, 1.82) is 0 Å². The molecule has 7 heteroatoms. The molecule has 1 aliphatic heterocycles. The lowest BCUT2D eigenvalue weighted by Crippen LogP contribution is -1.92. The second-order valence-corrected chi connectivity index (χ2v) is 3.13. The van der Waals surface area contributed by atoms with E-state index in [9.17, 15) is 4.79 Å². The fourth-order valence-corrected chi connectivity index (χ4v) is 1.38. The monoisotopic (exact) mass is 233 g/mol. The molecule has 0 spiro atoms. The van der Waals surface area contributed by atoms with Crippen LogP contribution in [0.3, 0.4) is 0 Å². The van der Waals surface area contributed by atoms with Crippen LogP contribution in [-0.2, 0) is 4.79 Å². The molecule has 0 fully saturated rings. The average molecular weight is 233 g/mol. The number of carboxylic acid groups (broad SMARTS) is 1. The van der Waals surface area contributed by atoms with Crippen LogP contribution in [0.2, 0.25) is 0 Å². The van der Waals surface area contributed by atoms with Gasteiger partial charge in [0.25, 0.3) is 0 Å². The van der Waals surface area contributed by atoms with Gasteiger partial charge in [0, 0.05) is 16.7 Å². The van der Waals surface area contributed by atoms with Crippen molar-refractivity contribution in [2.45, 2.75) is 0 Å². The van der Waals surface area contributed by atoms with Crippen molar-refractivity contribution in [3.8, 4) is 11.5 Å². The second-order valence-electron chi connectivity index (χ2n) is 3.13. The highest BCUT2D eigenvalue weighted by Crippen LogP contribution is 2.38. The van der Waals surface area contributed by atoms with Gasteiger partial charge in [-0.25, -0.2) is 4.79 Å². The number of benzene rings is 1. The summed E-state index contributed by atoms with van der Waals surface area (Å²) in [7, 11) is 0. The van der Waals surface area contributed by atoms with Crippen molar-refractivity contribution in [3.05, 3.63) is 34.2 Å². The van der Waals surface area contributed by atoms with Crippen molar-refractivity contribution >= 4 is 17.7 Å². The molecule has 1 aromatic rings. The smallest absolute Gasteiger partial charge is 0.328 e. The molecule has 1 aromatic carbocycles. The van der Waals surface area contributed by atoms with E-state index in [0.717, 1.165) is 6.08 Å². The van der Waals surface area contributed by atoms with Gasteiger partial charge in [-0.1, -0.05) is 5.11 Å². The molecule has 1 aliphatic rings. The van der Waals surface area contributed by atoms with Crippen molar-refractivity contribution in [2.24, 2.45) is 5.11 Å². The first-order chi connectivity index (χ1) is 8.20. The number of hydrogen-bond donors (Lipinski definition) is 1. The topological polar surface area (TPSA) is 105 Å². The molecule has 0 radical (unpaired) electrons. The molecule has 86 valence electrons. The standard InChI is InChI=1S/C10H7N3O4/c11-13-12-7-4-9-8(16-5-17-9)3-6(7)1-2-10(14)15/h1-4H,5H2,(H,14,15)/b2-1+. The number of hydrogen-bond acceptors (Lipinski definition) is 4. The van der Waals surface area contributed by atoms with Crippen LogP contribution in [0.25, 0.3) is 16.5 Å². The molecule has 0 aromatic heterocycles. The van der Waals surface area contributed by atoms with E-state index in [-0.39, 0.29) is 12.5 Å². The van der Waals surface area contributed by atoms with E-state index in [1.807, 2.05) is 0 Å². The van der Waals surface area contributed by atoms with E-state index in [1.165, 1.54) is 12.1 Å². The first-order valence-electron chi connectivity index (χ1n) is 4.60. The molecule has 0 unspecified atom stereocenters. The predicted octanol–water partition coefficient (Wildman–Crippen LogP) is 2.45. The summed E-state index contributed by atoms with van der Waals surface area (Å²) >= 11 is 0. The van der Waals surface area contributed by atoms with Crippen LogP contribution in [0.15, 0.2) is 23.3 Å². The zero-order chi connectivity index (χ0) is 12.3. The Hall–Kier alpha value is -2.66. The third-order valence-electron chi connectivity index (χ3n) is 2.08. The minimum Gasteiger partial charge on any atom is -0.478 e. The fraction of sp³-hybridized carbons (Fsp3) is 0.100. The Morgan fingerprint density at radius 2 is 2.18 bits per heavy atom. The van der Waals surface area contributed by atoms with Gasteiger partial charge in [0.1, 0.15) is 0 Å². The van der Waals surface area contributed by atoms with Crippen LogP contribution < -0.4 is 9.47 Å². The molecule has 0 bridgehead atoms. The largest absolute Gasteiger partial charge is 0.478 e. The van der Waals surface area contributed by atoms with Crippen molar-refractivity contribution in [3.63, 3.8) is 0 Å². The predicted molar refractivity (Wildman–Crippen MR) is 58.0 cm³/mol. The number of nitrogens with zero attached hydrogens (tertiary/aromatic N) is 3. The Balaban J connectivity index is 2.48. The summed E-state index contributed by atoms with van der Waals surface area (Å²) in [6.45, 7) is 0.0944. The second kappa shape index (κ2) is 4.46. The first-order valence-corrected chi connectivity index (χ1v) is 4.60. The summed E-state index contributed by atoms with van der Waals surface area (Å²) in [5, 5.41) is 12.0. The Morgan fingerprint density at radius 1 is 1.47 bits per heavy atom. The lowest BCUT2D eigenvalue weighted by molar-refractivity contribution is -0.131. The molecule has 7 nitrogen and oxygen atoms in total. The highest BCUT2D eigenvalue weighted by Gasteiger charge is 2.15. The molecule has 0 aliphatic carbocycles. The van der Waals surface area contributed by atoms with Crippen LogP contribution >= 0.6 is 0 Å². The van der Waals surface area contributed by atoms with Gasteiger partial charge in [-0.05, 0) is 29.3 Å². The van der Waals surface area contributed by atoms with E-state index >= 15 is 0 Å². The lowest BCUT2D eigenvalue weighted by atomic mass is 10.1. The molecule has 0 atom stereocenters. The third-order valence-corrected chi connectivity index (χ3v) is 2.08. The highest BCUT2D eigenvalue weighted by atomic mass is 16.7. The number of fused-ring (bicyclic) bond motifs is 1. The Labute approximate surface area is 95.5 Å². The summed E-state index contributed by atoms with van der Waals surface area (Å²) in [5.41, 5.74) is 9.16. The highest BCUT2D eigenvalue weighted by molar-refractivity contribution is 5.87. The SMILES string of the molecule is [N-]=[N+]=Nc1cc2c(cc1/C=C/C(=O)O)OCO2. The molecule has 17 heavy (non-hydrogen) atoms. The van der Waals surface area contributed by atoms with Gasteiger partial charge in [-0.15, -0.1) is 0 Å². The van der Waals surface area contributed by atoms with Crippen LogP contribution in [0.5, 0.6) is 11.5 Å². The summed E-state index contributed by atoms with van der Waals surface area (Å²) in [5.74, 6) is -0.124. The summed E-state index contributed by atoms with van der Waals surface area (Å²) in [6.07, 6.45) is 2.28. The summed E-state index contributed by atoms with van der Waals surface area (Å²) < 4.78 is 10.3. The number of rotatable bonds is 3. The maximum atomic E-state index is 10.4. The number of aliphatic carboxylic acids is 1. The van der Waals surface area contributed by atoms with Crippen LogP contribution in [-0.4, -0.2) is 17.9 Å². The van der Waals surface area contributed by atoms with Gasteiger partial charge < -0.3 is 14.6 Å². The van der Waals surface area contributed by atoms with Crippen LogP contribution in [0.1, 0.15) is 5.56 Å². The molecule has 0 saturated carbocycles. The minimum atomic E-state index is -1.09. The number of ether oxygens (including phenoxy) is 2. The van der Waals surface area contributed by atoms with Gasteiger partial charge in [-0.3, -0.25) is 0 Å². The molecule has 2 rings (SSSR count). The molecule has 0 saturated heterocycles. The summed E-state index contributed by atoms with van der Waals surface area (Å²) in [4.78, 5) is 13.1. The van der Waals surface area contributed by atoms with E-state index in [0.29, 0.717) is 17.1 Å².